The van der Waals surface area contributed by atoms with Gasteiger partial charge in [0, 0.05) is 12.1 Å². The molecule has 1 saturated carbocycles. The van der Waals surface area contributed by atoms with Crippen molar-refractivity contribution >= 4 is 11.6 Å². The molecule has 21 heavy (non-hydrogen) atoms. The van der Waals surface area contributed by atoms with Crippen molar-refractivity contribution in [2.75, 3.05) is 13.1 Å². The van der Waals surface area contributed by atoms with Gasteiger partial charge in [-0.25, -0.2) is 0 Å². The Morgan fingerprint density at radius 1 is 1.38 bits per heavy atom. The number of amides is 1. The van der Waals surface area contributed by atoms with E-state index in [9.17, 15) is 4.79 Å². The van der Waals surface area contributed by atoms with Crippen molar-refractivity contribution < 1.29 is 4.79 Å². The van der Waals surface area contributed by atoms with Crippen molar-refractivity contribution in [2.45, 2.75) is 25.8 Å². The Balaban J connectivity index is 1.40. The number of nitrogens with one attached hydrogen (secondary N) is 2. The van der Waals surface area contributed by atoms with E-state index in [0.717, 1.165) is 43.8 Å². The van der Waals surface area contributed by atoms with Gasteiger partial charge in [-0.1, -0.05) is 6.07 Å². The minimum Gasteiger partial charge on any atom is -0.349 e. The van der Waals surface area contributed by atoms with E-state index in [4.69, 9.17) is 0 Å². The van der Waals surface area contributed by atoms with Crippen LogP contribution < -0.4 is 10.6 Å². The first-order valence-corrected chi connectivity index (χ1v) is 7.56. The zero-order valence-corrected chi connectivity index (χ0v) is 11.9. The fourth-order valence-electron chi connectivity index (χ4n) is 3.50. The van der Waals surface area contributed by atoms with Crippen molar-refractivity contribution in [1.82, 2.24) is 25.2 Å². The predicted octanol–water partition coefficient (Wildman–Crippen LogP) is 0.735. The smallest absolute Gasteiger partial charge is 0.224 e. The van der Waals surface area contributed by atoms with Crippen LogP contribution in [0, 0.1) is 11.3 Å². The molecule has 0 bridgehead atoms. The molecule has 1 aliphatic heterocycles. The van der Waals surface area contributed by atoms with Crippen LogP contribution in [0.4, 0.5) is 0 Å². The Hall–Kier alpha value is -1.95. The van der Waals surface area contributed by atoms with Gasteiger partial charge in [-0.05, 0) is 49.9 Å². The predicted molar refractivity (Wildman–Crippen MR) is 77.5 cm³/mol. The summed E-state index contributed by atoms with van der Waals surface area (Å²) in [7, 11) is 0. The minimum absolute atomic E-state index is 0.171. The highest BCUT2D eigenvalue weighted by molar-refractivity contribution is 5.82. The average Bonchev–Trinajstić information content (AvgIpc) is 3.05. The molecule has 1 amide bonds. The number of aromatic nitrogens is 3. The van der Waals surface area contributed by atoms with Gasteiger partial charge in [0.15, 0.2) is 11.5 Å². The number of nitrogens with zero attached hydrogens (tertiary/aromatic N) is 3. The van der Waals surface area contributed by atoms with Crippen LogP contribution in [-0.4, -0.2) is 33.6 Å². The summed E-state index contributed by atoms with van der Waals surface area (Å²) in [4.78, 5) is 12.3. The molecule has 2 N–H and O–H groups in total. The van der Waals surface area contributed by atoms with Gasteiger partial charge in [-0.2, -0.15) is 0 Å². The molecule has 110 valence electrons. The molecule has 0 aromatic carbocycles. The fourth-order valence-corrected chi connectivity index (χ4v) is 3.50. The highest BCUT2D eigenvalue weighted by atomic mass is 16.2. The van der Waals surface area contributed by atoms with Crippen molar-refractivity contribution in [3.63, 3.8) is 0 Å². The second-order valence-corrected chi connectivity index (χ2v) is 6.13. The largest absolute Gasteiger partial charge is 0.349 e. The molecule has 1 aliphatic carbocycles. The second kappa shape index (κ2) is 4.80. The SMILES string of the molecule is O=C(NCc1nnc2ccccn12)C1CC12CCNCC2. The number of fused-ring (bicyclic) bond motifs is 1. The summed E-state index contributed by atoms with van der Waals surface area (Å²) in [6.45, 7) is 2.52. The van der Waals surface area contributed by atoms with Gasteiger partial charge >= 0.3 is 0 Å². The maximum atomic E-state index is 12.3. The number of carbonyl (C=O) groups is 1. The Kier molecular flexibility index (Phi) is 2.92. The van der Waals surface area contributed by atoms with E-state index in [2.05, 4.69) is 20.8 Å². The van der Waals surface area contributed by atoms with Crippen molar-refractivity contribution in [3.05, 3.63) is 30.2 Å². The summed E-state index contributed by atoms with van der Waals surface area (Å²) in [5, 5.41) is 14.6. The van der Waals surface area contributed by atoms with Crippen LogP contribution in [0.15, 0.2) is 24.4 Å². The molecule has 6 heteroatoms. The van der Waals surface area contributed by atoms with Crippen LogP contribution in [0.2, 0.25) is 0 Å². The topological polar surface area (TPSA) is 71.3 Å². The average molecular weight is 285 g/mol. The molecule has 1 saturated heterocycles. The lowest BCUT2D eigenvalue weighted by Crippen LogP contribution is -2.33. The van der Waals surface area contributed by atoms with Crippen LogP contribution in [0.5, 0.6) is 0 Å². The highest BCUT2D eigenvalue weighted by Crippen LogP contribution is 2.58. The lowest BCUT2D eigenvalue weighted by Gasteiger charge is -2.23. The molecule has 2 aromatic rings. The third-order valence-electron chi connectivity index (χ3n) is 4.91. The van der Waals surface area contributed by atoms with Crippen LogP contribution in [-0.2, 0) is 11.3 Å². The summed E-state index contributed by atoms with van der Waals surface area (Å²) >= 11 is 0. The molecule has 2 aromatic heterocycles. The maximum absolute atomic E-state index is 12.3. The van der Waals surface area contributed by atoms with Crippen LogP contribution in [0.1, 0.15) is 25.1 Å². The third kappa shape index (κ3) is 2.19. The van der Waals surface area contributed by atoms with Crippen LogP contribution in [0.3, 0.4) is 0 Å². The first-order chi connectivity index (χ1) is 10.3. The molecule has 0 radical (unpaired) electrons. The van der Waals surface area contributed by atoms with Gasteiger partial charge in [0.25, 0.3) is 0 Å². The fraction of sp³-hybridized carbons (Fsp3) is 0.533. The van der Waals surface area contributed by atoms with E-state index >= 15 is 0 Å². The Labute approximate surface area is 122 Å². The summed E-state index contributed by atoms with van der Waals surface area (Å²) in [5.41, 5.74) is 1.09. The number of rotatable bonds is 3. The van der Waals surface area contributed by atoms with Gasteiger partial charge in [-0.15, -0.1) is 10.2 Å². The summed E-state index contributed by atoms with van der Waals surface area (Å²) in [6.07, 6.45) is 5.21. The van der Waals surface area contributed by atoms with Crippen LogP contribution >= 0.6 is 0 Å². The lowest BCUT2D eigenvalue weighted by atomic mass is 9.92. The van der Waals surface area contributed by atoms with E-state index < -0.39 is 0 Å². The third-order valence-corrected chi connectivity index (χ3v) is 4.91. The van der Waals surface area contributed by atoms with Crippen molar-refractivity contribution in [1.29, 1.82) is 0 Å². The number of hydrogen-bond donors (Lipinski definition) is 2. The Morgan fingerprint density at radius 2 is 2.24 bits per heavy atom. The van der Waals surface area contributed by atoms with Gasteiger partial charge in [0.1, 0.15) is 0 Å². The number of pyridine rings is 1. The number of hydrogen-bond acceptors (Lipinski definition) is 4. The molecular formula is C15H19N5O. The van der Waals surface area contributed by atoms with Gasteiger partial charge in [-0.3, -0.25) is 9.20 Å². The molecule has 3 heterocycles. The molecule has 2 fully saturated rings. The Bertz CT molecular complexity index is 674. The lowest BCUT2D eigenvalue weighted by molar-refractivity contribution is -0.123. The summed E-state index contributed by atoms with van der Waals surface area (Å²) in [5.74, 6) is 1.14. The standard InChI is InChI=1S/C15H19N5O/c21-14(11-9-15(11)4-6-16-7-5-15)17-10-13-19-18-12-3-1-2-8-20(12)13/h1-3,8,11,16H,4-7,9-10H2,(H,17,21). The molecule has 1 atom stereocenters. The van der Waals surface area contributed by atoms with Crippen LogP contribution in [0.25, 0.3) is 5.65 Å². The van der Waals surface area contributed by atoms with E-state index in [1.807, 2.05) is 28.8 Å². The van der Waals surface area contributed by atoms with Gasteiger partial charge < -0.3 is 10.6 Å². The monoisotopic (exact) mass is 285 g/mol. The molecular weight excluding hydrogens is 266 g/mol. The quantitative estimate of drug-likeness (QED) is 0.872. The van der Waals surface area contributed by atoms with Gasteiger partial charge in [0.2, 0.25) is 5.91 Å². The normalized spacial score (nSPS) is 23.3. The first-order valence-electron chi connectivity index (χ1n) is 7.56. The number of carbonyl (C=O) groups excluding carboxylic acids is 1. The van der Waals surface area contributed by atoms with E-state index in [-0.39, 0.29) is 17.2 Å². The van der Waals surface area contributed by atoms with Gasteiger partial charge in [0.05, 0.1) is 6.54 Å². The first kappa shape index (κ1) is 12.8. The highest BCUT2D eigenvalue weighted by Gasteiger charge is 2.57. The Morgan fingerprint density at radius 3 is 3.10 bits per heavy atom. The van der Waals surface area contributed by atoms with E-state index in [1.54, 1.807) is 0 Å². The molecule has 6 nitrogen and oxygen atoms in total. The zero-order valence-electron chi connectivity index (χ0n) is 11.9. The molecule has 1 spiro atoms. The number of piperidine rings is 1. The van der Waals surface area contributed by atoms with Crippen molar-refractivity contribution in [3.8, 4) is 0 Å². The maximum Gasteiger partial charge on any atom is 0.224 e. The van der Waals surface area contributed by atoms with E-state index in [0.29, 0.717) is 6.54 Å². The molecule has 4 rings (SSSR count). The van der Waals surface area contributed by atoms with E-state index in [1.165, 1.54) is 0 Å². The zero-order chi connectivity index (χ0) is 14.3. The molecule has 1 unspecified atom stereocenters. The van der Waals surface area contributed by atoms with Crippen molar-refractivity contribution in [2.24, 2.45) is 11.3 Å². The molecule has 2 aliphatic rings. The summed E-state index contributed by atoms with van der Waals surface area (Å²) < 4.78 is 1.91. The minimum atomic E-state index is 0.171. The summed E-state index contributed by atoms with van der Waals surface area (Å²) in [6, 6.07) is 5.77. The second-order valence-electron chi connectivity index (χ2n) is 6.13.